The quantitative estimate of drug-likeness (QED) is 0.254. The number of likely N-dealkylation sites (N-methyl/N-ethyl adjacent to an activating group) is 1. The molecule has 3 N–H and O–H groups in total. The maximum atomic E-state index is 12.7. The predicted octanol–water partition coefficient (Wildman–Crippen LogP) is 5.02. The number of aromatic amines is 1. The lowest BCUT2D eigenvalue weighted by atomic mass is 10.0. The van der Waals surface area contributed by atoms with E-state index in [1.165, 1.54) is 18.0 Å². The van der Waals surface area contributed by atoms with Crippen molar-refractivity contribution in [2.45, 2.75) is 51.5 Å². The summed E-state index contributed by atoms with van der Waals surface area (Å²) in [5.41, 5.74) is 1.32. The monoisotopic (exact) mass is 497 g/mol. The molecule has 0 bridgehead atoms. The van der Waals surface area contributed by atoms with Crippen LogP contribution in [0.5, 0.6) is 5.75 Å². The first-order chi connectivity index (χ1) is 16.9. The summed E-state index contributed by atoms with van der Waals surface area (Å²) < 4.78 is 9.19. The van der Waals surface area contributed by atoms with Crippen molar-refractivity contribution in [2.24, 2.45) is 5.92 Å². The Hall–Kier alpha value is -3.10. The van der Waals surface area contributed by atoms with Crippen molar-refractivity contribution in [3.8, 4) is 5.75 Å². The van der Waals surface area contributed by atoms with E-state index in [1.54, 1.807) is 13.1 Å². The molecule has 0 aliphatic rings. The van der Waals surface area contributed by atoms with Gasteiger partial charge in [-0.15, -0.1) is 0 Å². The Morgan fingerprint density at radius 3 is 2.51 bits per heavy atom. The first kappa shape index (κ1) is 28.1. The molecule has 1 atom stereocenters. The topological polar surface area (TPSA) is 100 Å². The lowest BCUT2D eigenvalue weighted by Crippen LogP contribution is -2.33. The second-order valence-electron chi connectivity index (χ2n) is 7.95. The normalized spacial score (nSPS) is 11.5. The number of aromatic nitrogens is 1. The number of Topliss-reactive ketones (excluding diaryl/α,β-unsaturated/α-hetero) is 1. The molecular weight excluding hydrogens is 462 g/mol. The number of amides is 1. The number of carbonyl (C=O) groups is 2. The fourth-order valence-electron chi connectivity index (χ4n) is 3.29. The molecule has 3 aromatic rings. The van der Waals surface area contributed by atoms with Gasteiger partial charge in [-0.05, 0) is 54.1 Å². The zero-order chi connectivity index (χ0) is 25.8. The third-order valence-corrected chi connectivity index (χ3v) is 6.04. The molecule has 0 saturated heterocycles. The van der Waals surface area contributed by atoms with Crippen LogP contribution in [0.4, 0.5) is 0 Å². The van der Waals surface area contributed by atoms with Crippen LogP contribution in [-0.2, 0) is 9.59 Å². The summed E-state index contributed by atoms with van der Waals surface area (Å²) in [5, 5.41) is 3.60. The van der Waals surface area contributed by atoms with Gasteiger partial charge in [0.15, 0.2) is 0 Å². The highest BCUT2D eigenvalue weighted by Gasteiger charge is 2.23. The molecule has 1 amide bonds. The summed E-state index contributed by atoms with van der Waals surface area (Å²) in [7, 11) is 1.59. The van der Waals surface area contributed by atoms with Gasteiger partial charge in [-0.25, -0.2) is 4.72 Å². The number of fused-ring (bicyclic) bond motifs is 1. The van der Waals surface area contributed by atoms with Crippen LogP contribution in [0, 0.1) is 5.92 Å². The van der Waals surface area contributed by atoms with Gasteiger partial charge in [0.05, 0.1) is 6.61 Å². The third-order valence-electron chi connectivity index (χ3n) is 5.20. The zero-order valence-electron chi connectivity index (χ0n) is 21.0. The fraction of sp³-hybridized carbons (Fsp3) is 0.370. The van der Waals surface area contributed by atoms with Crippen molar-refractivity contribution < 1.29 is 14.3 Å². The molecule has 0 radical (unpaired) electrons. The molecular formula is C27H35N3O4S. The molecule has 188 valence electrons. The molecule has 0 aliphatic heterocycles. The molecule has 1 heterocycles. The van der Waals surface area contributed by atoms with Crippen molar-refractivity contribution in [1.29, 1.82) is 0 Å². The molecule has 7 nitrogen and oxygen atoms in total. The van der Waals surface area contributed by atoms with Gasteiger partial charge >= 0.3 is 0 Å². The lowest BCUT2D eigenvalue weighted by Gasteiger charge is -2.20. The fourth-order valence-corrected chi connectivity index (χ4v) is 4.10. The molecule has 0 spiro atoms. The Morgan fingerprint density at radius 2 is 1.80 bits per heavy atom. The van der Waals surface area contributed by atoms with Crippen LogP contribution in [0.15, 0.2) is 64.3 Å². The molecule has 1 aromatic heterocycles. The standard InChI is InChI=1S/C25H29N3O4S.C2H6/c1-16(2)21(29)8-6-14-32-22-9-5-4-7-19(22)24(25(31)26-3)28-33-18-11-12-20-17(15-18)10-13-23(30)27-20;1-2/h4-5,7,9-13,15-16,24,28H,6,8,14H2,1-3H3,(H,26,31)(H,27,30);1-2H3. The van der Waals surface area contributed by atoms with Crippen molar-refractivity contribution in [2.75, 3.05) is 13.7 Å². The van der Waals surface area contributed by atoms with Crippen molar-refractivity contribution in [3.63, 3.8) is 0 Å². The Morgan fingerprint density at radius 1 is 1.06 bits per heavy atom. The minimum absolute atomic E-state index is 0.0199. The van der Waals surface area contributed by atoms with E-state index in [4.69, 9.17) is 4.74 Å². The number of ketones is 1. The van der Waals surface area contributed by atoms with Crippen LogP contribution < -0.4 is 20.3 Å². The van der Waals surface area contributed by atoms with E-state index in [2.05, 4.69) is 15.0 Å². The van der Waals surface area contributed by atoms with E-state index in [0.29, 0.717) is 30.8 Å². The van der Waals surface area contributed by atoms with Gasteiger partial charge < -0.3 is 15.0 Å². The summed E-state index contributed by atoms with van der Waals surface area (Å²) in [6.45, 7) is 8.18. The second kappa shape index (κ2) is 14.3. The van der Waals surface area contributed by atoms with Gasteiger partial charge in [-0.1, -0.05) is 45.9 Å². The average Bonchev–Trinajstić information content (AvgIpc) is 2.88. The number of hydrogen-bond donors (Lipinski definition) is 3. The van der Waals surface area contributed by atoms with Crippen LogP contribution in [-0.4, -0.2) is 30.3 Å². The minimum Gasteiger partial charge on any atom is -0.493 e. The number of H-pyrrole nitrogens is 1. The first-order valence-corrected chi connectivity index (χ1v) is 12.7. The largest absolute Gasteiger partial charge is 0.493 e. The molecule has 3 rings (SSSR count). The van der Waals surface area contributed by atoms with Crippen LogP contribution in [0.2, 0.25) is 0 Å². The number of rotatable bonds is 11. The lowest BCUT2D eigenvalue weighted by molar-refractivity contribution is -0.122. The number of pyridine rings is 1. The van der Waals surface area contributed by atoms with Gasteiger partial charge in [0, 0.05) is 41.4 Å². The van der Waals surface area contributed by atoms with E-state index in [-0.39, 0.29) is 23.2 Å². The summed E-state index contributed by atoms with van der Waals surface area (Å²) in [6.07, 6.45) is 1.09. The smallest absolute Gasteiger partial charge is 0.248 e. The van der Waals surface area contributed by atoms with Crippen LogP contribution in [0.25, 0.3) is 10.9 Å². The summed E-state index contributed by atoms with van der Waals surface area (Å²) in [6, 6.07) is 15.7. The minimum atomic E-state index is -0.653. The number of nitrogens with one attached hydrogen (secondary N) is 3. The molecule has 0 aliphatic carbocycles. The number of para-hydroxylation sites is 1. The molecule has 1 unspecified atom stereocenters. The van der Waals surface area contributed by atoms with Gasteiger partial charge in [-0.3, -0.25) is 14.4 Å². The average molecular weight is 498 g/mol. The number of carbonyl (C=O) groups excluding carboxylic acids is 2. The molecule has 35 heavy (non-hydrogen) atoms. The Bertz CT molecular complexity index is 1180. The molecule has 8 heteroatoms. The molecule has 2 aromatic carbocycles. The number of hydrogen-bond acceptors (Lipinski definition) is 6. The Kier molecular flexibility index (Phi) is 11.5. The van der Waals surface area contributed by atoms with E-state index in [9.17, 15) is 14.4 Å². The molecule has 0 fully saturated rings. The van der Waals surface area contributed by atoms with E-state index in [0.717, 1.165) is 15.8 Å². The van der Waals surface area contributed by atoms with Crippen molar-refractivity contribution >= 4 is 34.5 Å². The maximum Gasteiger partial charge on any atom is 0.248 e. The summed E-state index contributed by atoms with van der Waals surface area (Å²) in [5.74, 6) is 0.644. The second-order valence-corrected chi connectivity index (χ2v) is 8.86. The number of ether oxygens (including phenoxy) is 1. The molecule has 0 saturated carbocycles. The van der Waals surface area contributed by atoms with E-state index in [1.807, 2.05) is 70.2 Å². The highest BCUT2D eigenvalue weighted by atomic mass is 32.2. The van der Waals surface area contributed by atoms with E-state index >= 15 is 0 Å². The number of benzene rings is 2. The van der Waals surface area contributed by atoms with Gasteiger partial charge in [-0.2, -0.15) is 0 Å². The highest BCUT2D eigenvalue weighted by molar-refractivity contribution is 7.97. The van der Waals surface area contributed by atoms with Crippen LogP contribution in [0.3, 0.4) is 0 Å². The van der Waals surface area contributed by atoms with Gasteiger partial charge in [0.2, 0.25) is 11.5 Å². The van der Waals surface area contributed by atoms with Gasteiger partial charge in [0.25, 0.3) is 0 Å². The van der Waals surface area contributed by atoms with Crippen molar-refractivity contribution in [1.82, 2.24) is 15.0 Å². The SMILES string of the molecule is CC.CNC(=O)C(NSc1ccc2[nH]c(=O)ccc2c1)c1ccccc1OCCCC(=O)C(C)C. The first-order valence-electron chi connectivity index (χ1n) is 11.9. The third kappa shape index (κ3) is 8.26. The van der Waals surface area contributed by atoms with E-state index < -0.39 is 6.04 Å². The highest BCUT2D eigenvalue weighted by Crippen LogP contribution is 2.29. The van der Waals surface area contributed by atoms with Crippen LogP contribution in [0.1, 0.15) is 52.1 Å². The maximum absolute atomic E-state index is 12.7. The van der Waals surface area contributed by atoms with Crippen LogP contribution >= 0.6 is 11.9 Å². The Labute approximate surface area is 211 Å². The van der Waals surface area contributed by atoms with Crippen molar-refractivity contribution in [3.05, 3.63) is 70.5 Å². The summed E-state index contributed by atoms with van der Waals surface area (Å²) in [4.78, 5) is 39.7. The summed E-state index contributed by atoms with van der Waals surface area (Å²) >= 11 is 1.33. The predicted molar refractivity (Wildman–Crippen MR) is 143 cm³/mol. The Balaban J connectivity index is 0.00000210. The zero-order valence-corrected chi connectivity index (χ0v) is 21.8. The van der Waals surface area contributed by atoms with Gasteiger partial charge in [0.1, 0.15) is 17.6 Å².